The fourth-order valence-electron chi connectivity index (χ4n) is 7.17. The topological polar surface area (TPSA) is 50.2 Å². The molecule has 0 saturated carbocycles. The molecule has 3 nitrogen and oxygen atoms in total. The molecule has 6 heteroatoms. The average molecular weight is 965 g/mol. The number of aliphatic hydroxyl groups is 1. The zero-order valence-corrected chi connectivity index (χ0v) is 39.9. The van der Waals surface area contributed by atoms with Crippen molar-refractivity contribution < 1.29 is 30.0 Å². The average Bonchev–Trinajstić information content (AvgIpc) is 3.69. The Morgan fingerprint density at radius 1 is 0.839 bits per heavy atom. The van der Waals surface area contributed by atoms with Crippen LogP contribution in [0.25, 0.3) is 53.5 Å². The van der Waals surface area contributed by atoms with E-state index in [-0.39, 0.29) is 47.9 Å². The number of ketones is 1. The maximum atomic E-state index is 12.2. The van der Waals surface area contributed by atoms with E-state index in [1.807, 2.05) is 64.2 Å². The summed E-state index contributed by atoms with van der Waals surface area (Å²) in [7, 11) is 0. The molecule has 1 N–H and O–H groups in total. The third-order valence-corrected chi connectivity index (χ3v) is 14.4. The molecule has 6 rings (SSSR count). The second-order valence-electron chi connectivity index (χ2n) is 17.4. The van der Waals surface area contributed by atoms with Crippen LogP contribution in [-0.4, -0.2) is 15.9 Å². The zero-order chi connectivity index (χ0) is 40.5. The molecule has 0 aliphatic heterocycles. The van der Waals surface area contributed by atoms with Gasteiger partial charge in [-0.3, -0.25) is 9.78 Å². The Morgan fingerprint density at radius 3 is 2.09 bits per heavy atom. The van der Waals surface area contributed by atoms with Gasteiger partial charge in [0.25, 0.3) is 0 Å². The predicted molar refractivity (Wildman–Crippen MR) is 242 cm³/mol. The number of carbonyl (C=O) groups is 1. The first-order chi connectivity index (χ1) is 25.9. The SMILES string of the molecule is CCC(C)(CC)C(=O)/C=C(\O)C(C)(CC)CC.Cc1cc2nc(-c3[c-]c4ccccc4c(C(C)(C)C)c3)cc(-c3ccc4sc(CC(C)C)c(C)c4c3)c2s1.[Ir]. The molecule has 3 aromatic carbocycles. The first kappa shape index (κ1) is 45.6. The fourth-order valence-corrected chi connectivity index (χ4v) is 9.56. The molecule has 0 aliphatic rings. The van der Waals surface area contributed by atoms with E-state index in [9.17, 15) is 9.90 Å². The second kappa shape index (κ2) is 18.2. The molecule has 0 fully saturated rings. The van der Waals surface area contributed by atoms with Crippen molar-refractivity contribution in [1.82, 2.24) is 4.98 Å². The number of aliphatic hydroxyl groups excluding tert-OH is 1. The Balaban J connectivity index is 0.000000330. The van der Waals surface area contributed by atoms with Crippen molar-refractivity contribution in [3.05, 3.63) is 99.4 Å². The van der Waals surface area contributed by atoms with Gasteiger partial charge in [-0.25, -0.2) is 0 Å². The monoisotopic (exact) mass is 965 g/mol. The fraction of sp³-hybridized carbons (Fsp3) is 0.440. The van der Waals surface area contributed by atoms with E-state index in [0.717, 1.165) is 54.3 Å². The van der Waals surface area contributed by atoms with Crippen LogP contribution in [0.3, 0.4) is 0 Å². The Morgan fingerprint density at radius 2 is 1.48 bits per heavy atom. The number of pyridine rings is 1. The zero-order valence-electron chi connectivity index (χ0n) is 35.9. The normalized spacial score (nSPS) is 12.6. The number of nitrogens with zero attached hydrogens (tertiary/aromatic N) is 1. The van der Waals surface area contributed by atoms with Gasteiger partial charge in [-0.15, -0.1) is 51.8 Å². The van der Waals surface area contributed by atoms with Gasteiger partial charge in [0.05, 0.1) is 10.2 Å². The molecule has 6 aromatic rings. The van der Waals surface area contributed by atoms with Crippen molar-refractivity contribution in [2.75, 3.05) is 0 Å². The summed E-state index contributed by atoms with van der Waals surface area (Å²) < 4.78 is 2.64. The summed E-state index contributed by atoms with van der Waals surface area (Å²) in [5.41, 5.74) is 7.84. The summed E-state index contributed by atoms with van der Waals surface area (Å²) in [5.74, 6) is 0.947. The van der Waals surface area contributed by atoms with Crippen LogP contribution in [0.15, 0.2) is 72.5 Å². The summed E-state index contributed by atoms with van der Waals surface area (Å²) in [6, 6.07) is 26.2. The Kier molecular flexibility index (Phi) is 14.8. The van der Waals surface area contributed by atoms with E-state index in [1.54, 1.807) is 0 Å². The number of fused-ring (bicyclic) bond motifs is 3. The van der Waals surface area contributed by atoms with Gasteiger partial charge in [0.2, 0.25) is 0 Å². The molecular weight excluding hydrogens is 903 g/mol. The van der Waals surface area contributed by atoms with Crippen molar-refractivity contribution in [3.8, 4) is 22.4 Å². The van der Waals surface area contributed by atoms with Crippen LogP contribution in [0, 0.1) is 36.7 Å². The number of allylic oxidation sites excluding steroid dienone is 2. The largest absolute Gasteiger partial charge is 0.512 e. The van der Waals surface area contributed by atoms with Gasteiger partial charge < -0.3 is 5.11 Å². The van der Waals surface area contributed by atoms with Crippen LogP contribution in [0.2, 0.25) is 0 Å². The molecule has 0 aliphatic carbocycles. The maximum Gasteiger partial charge on any atom is 0.164 e. The summed E-state index contributed by atoms with van der Waals surface area (Å²) in [6.45, 7) is 28.0. The molecule has 0 atom stereocenters. The molecule has 3 aromatic heterocycles. The third-order valence-electron chi connectivity index (χ3n) is 12.0. The number of benzene rings is 3. The van der Waals surface area contributed by atoms with Gasteiger partial charge in [0.1, 0.15) is 5.76 Å². The van der Waals surface area contributed by atoms with Gasteiger partial charge >= 0.3 is 0 Å². The molecule has 56 heavy (non-hydrogen) atoms. The number of thiophene rings is 2. The van der Waals surface area contributed by atoms with E-state index < -0.39 is 0 Å². The van der Waals surface area contributed by atoms with Crippen molar-refractivity contribution in [2.24, 2.45) is 16.7 Å². The molecule has 0 spiro atoms. The van der Waals surface area contributed by atoms with Crippen molar-refractivity contribution in [3.63, 3.8) is 0 Å². The van der Waals surface area contributed by atoms with E-state index in [1.165, 1.54) is 58.3 Å². The van der Waals surface area contributed by atoms with Gasteiger partial charge in [-0.2, -0.15) is 0 Å². The molecule has 0 bridgehead atoms. The van der Waals surface area contributed by atoms with Gasteiger partial charge in [-0.05, 0) is 97.6 Å². The maximum absolute atomic E-state index is 12.2. The number of hydrogen-bond acceptors (Lipinski definition) is 5. The van der Waals surface area contributed by atoms with Crippen LogP contribution >= 0.6 is 22.7 Å². The predicted octanol–water partition coefficient (Wildman–Crippen LogP) is 15.6. The first-order valence-electron chi connectivity index (χ1n) is 20.2. The first-order valence-corrected chi connectivity index (χ1v) is 21.9. The van der Waals surface area contributed by atoms with E-state index in [4.69, 9.17) is 4.98 Å². The van der Waals surface area contributed by atoms with Crippen molar-refractivity contribution >= 4 is 59.5 Å². The van der Waals surface area contributed by atoms with E-state index in [2.05, 4.69) is 115 Å². The molecule has 0 saturated heterocycles. The quantitative estimate of drug-likeness (QED) is 0.0800. The van der Waals surface area contributed by atoms with Gasteiger partial charge in [0.15, 0.2) is 5.78 Å². The Labute approximate surface area is 358 Å². The smallest absolute Gasteiger partial charge is 0.164 e. The second-order valence-corrected chi connectivity index (χ2v) is 19.8. The molecule has 3 heterocycles. The molecular formula is C50H62IrNO2S2-. The molecule has 0 unspecified atom stereocenters. The molecule has 301 valence electrons. The number of rotatable bonds is 11. The minimum absolute atomic E-state index is 0. The van der Waals surface area contributed by atoms with E-state index >= 15 is 0 Å². The summed E-state index contributed by atoms with van der Waals surface area (Å²) in [5, 5.41) is 13.9. The molecule has 1 radical (unpaired) electrons. The minimum atomic E-state index is -0.337. The Bertz CT molecular complexity index is 2340. The van der Waals surface area contributed by atoms with Crippen LogP contribution in [0.1, 0.15) is 123 Å². The number of hydrogen-bond donors (Lipinski definition) is 1. The number of aryl methyl sites for hydroxylation is 2. The summed E-state index contributed by atoms with van der Waals surface area (Å²) in [4.78, 5) is 20.2. The Hall–Kier alpha value is -3.15. The van der Waals surface area contributed by atoms with Crippen molar-refractivity contribution in [1.29, 1.82) is 0 Å². The summed E-state index contributed by atoms with van der Waals surface area (Å²) in [6.07, 6.45) is 5.90. The van der Waals surface area contributed by atoms with Crippen LogP contribution in [-0.2, 0) is 36.7 Å². The third kappa shape index (κ3) is 9.58. The van der Waals surface area contributed by atoms with Gasteiger partial charge in [-0.1, -0.05) is 117 Å². The van der Waals surface area contributed by atoms with Crippen LogP contribution < -0.4 is 0 Å². The van der Waals surface area contributed by atoms with Gasteiger partial charge in [0, 0.05) is 57.2 Å². The summed E-state index contributed by atoms with van der Waals surface area (Å²) >= 11 is 3.79. The number of aromatic nitrogens is 1. The molecule has 0 amide bonds. The van der Waals surface area contributed by atoms with Crippen molar-refractivity contribution in [2.45, 2.75) is 128 Å². The minimum Gasteiger partial charge on any atom is -0.512 e. The van der Waals surface area contributed by atoms with Crippen LogP contribution in [0.5, 0.6) is 0 Å². The van der Waals surface area contributed by atoms with E-state index in [0.29, 0.717) is 5.92 Å². The number of carbonyl (C=O) groups excluding carboxylic acids is 1. The standard InChI is InChI=1S/C35H34NS2.C15H28O2.Ir/c1-20(2)14-33-22(4)27-17-24(12-13-32(27)38-33)28-19-30(36-31-15-21(3)37-34(28)31)25-16-23-10-8-9-11-26(23)29(18-25)35(5,6)7;1-7-14(5,8-2)12(16)11-13(17)15(6,9-3)10-4;/h8-13,15,17-20H,14H2,1-7H3;11,16H,7-10H2,1-6H3;/q-1;;/b;12-11-;. The van der Waals surface area contributed by atoms with Crippen LogP contribution in [0.4, 0.5) is 0 Å².